The van der Waals surface area contributed by atoms with Gasteiger partial charge in [-0.3, -0.25) is 0 Å². The first-order valence-corrected chi connectivity index (χ1v) is 6.61. The minimum absolute atomic E-state index is 0.0296. The Labute approximate surface area is 114 Å². The van der Waals surface area contributed by atoms with Crippen LogP contribution < -0.4 is 5.32 Å². The second kappa shape index (κ2) is 5.71. The maximum absolute atomic E-state index is 6.23. The van der Waals surface area contributed by atoms with Crippen molar-refractivity contribution in [3.8, 4) is 0 Å². The fourth-order valence-electron chi connectivity index (χ4n) is 1.77. The van der Waals surface area contributed by atoms with E-state index in [1.165, 1.54) is 0 Å². The summed E-state index contributed by atoms with van der Waals surface area (Å²) in [6.45, 7) is 2.89. The van der Waals surface area contributed by atoms with E-state index in [0.717, 1.165) is 27.4 Å². The van der Waals surface area contributed by atoms with Crippen molar-refractivity contribution in [2.75, 3.05) is 6.54 Å². The molecule has 0 saturated carbocycles. The minimum Gasteiger partial charge on any atom is -0.466 e. The van der Waals surface area contributed by atoms with Gasteiger partial charge >= 0.3 is 0 Å². The highest BCUT2D eigenvalue weighted by Crippen LogP contribution is 2.32. The van der Waals surface area contributed by atoms with Crippen LogP contribution >= 0.6 is 27.5 Å². The summed E-state index contributed by atoms with van der Waals surface area (Å²) >= 11 is 9.71. The molecule has 1 atom stereocenters. The van der Waals surface area contributed by atoms with E-state index in [1.54, 1.807) is 6.26 Å². The predicted octanol–water partition coefficient (Wildman–Crippen LogP) is 4.39. The molecular formula is C13H13BrClNO. The highest BCUT2D eigenvalue weighted by Gasteiger charge is 2.20. The molecule has 90 valence electrons. The molecule has 1 unspecified atom stereocenters. The van der Waals surface area contributed by atoms with Gasteiger partial charge in [-0.1, -0.05) is 36.7 Å². The number of hydrogen-bond donors (Lipinski definition) is 1. The van der Waals surface area contributed by atoms with Crippen LogP contribution in [0.15, 0.2) is 45.5 Å². The van der Waals surface area contributed by atoms with E-state index in [1.807, 2.05) is 30.3 Å². The van der Waals surface area contributed by atoms with Gasteiger partial charge in [0, 0.05) is 5.02 Å². The lowest BCUT2D eigenvalue weighted by Crippen LogP contribution is -2.22. The molecule has 1 N–H and O–H groups in total. The largest absolute Gasteiger partial charge is 0.466 e. The van der Waals surface area contributed by atoms with Crippen LogP contribution in [0.1, 0.15) is 24.3 Å². The maximum atomic E-state index is 6.23. The molecule has 2 aromatic rings. The number of rotatable bonds is 4. The Hall–Kier alpha value is -0.770. The van der Waals surface area contributed by atoms with Crippen LogP contribution in [0.25, 0.3) is 0 Å². The molecule has 0 aliphatic heterocycles. The van der Waals surface area contributed by atoms with E-state index in [9.17, 15) is 0 Å². The van der Waals surface area contributed by atoms with Crippen molar-refractivity contribution in [3.63, 3.8) is 0 Å². The van der Waals surface area contributed by atoms with Crippen LogP contribution in [0.5, 0.6) is 0 Å². The highest BCUT2D eigenvalue weighted by molar-refractivity contribution is 9.10. The van der Waals surface area contributed by atoms with Crippen LogP contribution in [0.2, 0.25) is 5.02 Å². The maximum Gasteiger partial charge on any atom is 0.139 e. The van der Waals surface area contributed by atoms with Crippen LogP contribution in [-0.2, 0) is 0 Å². The summed E-state index contributed by atoms with van der Waals surface area (Å²) in [5.74, 6) is 0.847. The monoisotopic (exact) mass is 313 g/mol. The number of halogens is 2. The Morgan fingerprint density at radius 3 is 2.71 bits per heavy atom. The summed E-state index contributed by atoms with van der Waals surface area (Å²) in [6.07, 6.45) is 1.67. The van der Waals surface area contributed by atoms with Crippen LogP contribution in [0, 0.1) is 0 Å². The Bertz CT molecular complexity index is 498. The first-order chi connectivity index (χ1) is 8.24. The third-order valence-electron chi connectivity index (χ3n) is 2.53. The Morgan fingerprint density at radius 1 is 1.35 bits per heavy atom. The summed E-state index contributed by atoms with van der Waals surface area (Å²) in [4.78, 5) is 0. The number of hydrogen-bond acceptors (Lipinski definition) is 2. The average Bonchev–Trinajstić information content (AvgIpc) is 2.74. The van der Waals surface area contributed by atoms with Crippen molar-refractivity contribution in [2.24, 2.45) is 0 Å². The van der Waals surface area contributed by atoms with Crippen molar-refractivity contribution in [1.29, 1.82) is 0 Å². The Kier molecular flexibility index (Phi) is 4.26. The predicted molar refractivity (Wildman–Crippen MR) is 73.4 cm³/mol. The molecule has 1 heterocycles. The number of benzene rings is 1. The zero-order valence-electron chi connectivity index (χ0n) is 9.41. The second-order valence-corrected chi connectivity index (χ2v) is 4.91. The van der Waals surface area contributed by atoms with Gasteiger partial charge in [0.1, 0.15) is 5.76 Å². The van der Waals surface area contributed by atoms with Crippen molar-refractivity contribution >= 4 is 27.5 Å². The number of nitrogens with one attached hydrogen (secondary N) is 1. The molecule has 0 aliphatic rings. The lowest BCUT2D eigenvalue weighted by Gasteiger charge is -2.17. The van der Waals surface area contributed by atoms with Gasteiger partial charge in [0.15, 0.2) is 0 Å². The normalized spacial score (nSPS) is 12.6. The molecule has 0 amide bonds. The van der Waals surface area contributed by atoms with E-state index in [0.29, 0.717) is 0 Å². The third-order valence-corrected chi connectivity index (χ3v) is 3.53. The molecule has 0 saturated heterocycles. The lowest BCUT2D eigenvalue weighted by molar-refractivity contribution is 0.450. The van der Waals surface area contributed by atoms with Gasteiger partial charge in [-0.15, -0.1) is 0 Å². The molecule has 0 radical (unpaired) electrons. The van der Waals surface area contributed by atoms with Crippen molar-refractivity contribution in [2.45, 2.75) is 13.0 Å². The van der Waals surface area contributed by atoms with Gasteiger partial charge in [0.2, 0.25) is 0 Å². The third kappa shape index (κ3) is 2.73. The summed E-state index contributed by atoms with van der Waals surface area (Å²) in [6, 6.07) is 9.64. The smallest absolute Gasteiger partial charge is 0.139 e. The first-order valence-electron chi connectivity index (χ1n) is 5.44. The lowest BCUT2D eigenvalue weighted by atomic mass is 10.0. The van der Waals surface area contributed by atoms with Gasteiger partial charge in [0.05, 0.1) is 16.8 Å². The zero-order chi connectivity index (χ0) is 12.3. The summed E-state index contributed by atoms with van der Waals surface area (Å²) in [5.41, 5.74) is 1.02. The molecular weight excluding hydrogens is 302 g/mol. The molecule has 0 aliphatic carbocycles. The molecule has 4 heteroatoms. The molecule has 0 bridgehead atoms. The molecule has 1 aromatic heterocycles. The second-order valence-electron chi connectivity index (χ2n) is 3.64. The summed E-state index contributed by atoms with van der Waals surface area (Å²) in [7, 11) is 0. The zero-order valence-corrected chi connectivity index (χ0v) is 11.8. The van der Waals surface area contributed by atoms with E-state index >= 15 is 0 Å². The summed E-state index contributed by atoms with van der Waals surface area (Å²) in [5, 5.41) is 4.11. The van der Waals surface area contributed by atoms with Gasteiger partial charge < -0.3 is 9.73 Å². The fourth-order valence-corrected chi connectivity index (χ4v) is 2.44. The van der Waals surface area contributed by atoms with E-state index < -0.39 is 0 Å². The Balaban J connectivity index is 2.43. The van der Waals surface area contributed by atoms with Crippen LogP contribution in [0.4, 0.5) is 0 Å². The van der Waals surface area contributed by atoms with Crippen molar-refractivity contribution < 1.29 is 4.42 Å². The molecule has 0 fully saturated rings. The van der Waals surface area contributed by atoms with Crippen molar-refractivity contribution in [1.82, 2.24) is 5.32 Å². The molecule has 17 heavy (non-hydrogen) atoms. The van der Waals surface area contributed by atoms with Gasteiger partial charge in [-0.2, -0.15) is 0 Å². The van der Waals surface area contributed by atoms with E-state index in [-0.39, 0.29) is 6.04 Å². The minimum atomic E-state index is -0.0296. The quantitative estimate of drug-likeness (QED) is 0.905. The van der Waals surface area contributed by atoms with E-state index in [4.69, 9.17) is 16.0 Å². The molecule has 2 rings (SSSR count). The first kappa shape index (κ1) is 12.7. The van der Waals surface area contributed by atoms with Gasteiger partial charge in [0.25, 0.3) is 0 Å². The van der Waals surface area contributed by atoms with Crippen LogP contribution in [-0.4, -0.2) is 6.54 Å². The topological polar surface area (TPSA) is 25.2 Å². The molecule has 1 aromatic carbocycles. The molecule has 0 spiro atoms. The average molecular weight is 315 g/mol. The van der Waals surface area contributed by atoms with Gasteiger partial charge in [-0.05, 0) is 40.2 Å². The van der Waals surface area contributed by atoms with E-state index in [2.05, 4.69) is 28.2 Å². The standard InChI is InChI=1S/C13H13BrClNO/c1-2-16-12(13-10(14)7-8-17-13)9-5-3-4-6-11(9)15/h3-8,12,16H,2H2,1H3. The fraction of sp³-hybridized carbons (Fsp3) is 0.231. The van der Waals surface area contributed by atoms with Crippen LogP contribution in [0.3, 0.4) is 0 Å². The number of furan rings is 1. The van der Waals surface area contributed by atoms with Crippen molar-refractivity contribution in [3.05, 3.63) is 57.4 Å². The summed E-state index contributed by atoms with van der Waals surface area (Å²) < 4.78 is 6.47. The molecule has 2 nitrogen and oxygen atoms in total. The Morgan fingerprint density at radius 2 is 2.12 bits per heavy atom. The SMILES string of the molecule is CCNC(c1ccccc1Cl)c1occc1Br. The van der Waals surface area contributed by atoms with Gasteiger partial charge in [-0.25, -0.2) is 0 Å². The highest BCUT2D eigenvalue weighted by atomic mass is 79.9.